The third-order valence-electron chi connectivity index (χ3n) is 7.27. The molecular formula is C29H26FN5O2. The van der Waals surface area contributed by atoms with Crippen molar-refractivity contribution in [1.82, 2.24) is 15.3 Å². The maximum Gasteiger partial charge on any atom is 0.207 e. The summed E-state index contributed by atoms with van der Waals surface area (Å²) >= 11 is 0. The lowest BCUT2D eigenvalue weighted by Gasteiger charge is -2.43. The zero-order valence-electron chi connectivity index (χ0n) is 20.4. The first-order valence-electron chi connectivity index (χ1n) is 12.4. The number of anilines is 1. The fraction of sp³-hybridized carbons (Fsp3) is 0.276. The van der Waals surface area contributed by atoms with Crippen LogP contribution >= 0.6 is 0 Å². The number of aromatic nitrogens is 2. The van der Waals surface area contributed by atoms with Crippen molar-refractivity contribution in [3.63, 3.8) is 0 Å². The number of rotatable bonds is 3. The second-order valence-electron chi connectivity index (χ2n) is 9.70. The van der Waals surface area contributed by atoms with E-state index < -0.39 is 0 Å². The Hall–Kier alpha value is -4.06. The van der Waals surface area contributed by atoms with Crippen LogP contribution in [0.3, 0.4) is 0 Å². The number of piperidine rings is 1. The summed E-state index contributed by atoms with van der Waals surface area (Å²) in [6.07, 6.45) is 5.87. The Balaban J connectivity index is 1.57. The van der Waals surface area contributed by atoms with Gasteiger partial charge in [-0.2, -0.15) is 5.26 Å². The number of fused-ring (bicyclic) bond motifs is 2. The molecule has 37 heavy (non-hydrogen) atoms. The van der Waals surface area contributed by atoms with E-state index in [9.17, 15) is 14.4 Å². The number of halogens is 1. The molecule has 4 heterocycles. The summed E-state index contributed by atoms with van der Waals surface area (Å²) in [6.45, 7) is 4.91. The average molecular weight is 496 g/mol. The minimum absolute atomic E-state index is 0.0605. The minimum atomic E-state index is -0.323. The number of nitriles is 1. The highest BCUT2D eigenvalue weighted by Gasteiger charge is 2.33. The van der Waals surface area contributed by atoms with Gasteiger partial charge < -0.3 is 19.9 Å². The van der Waals surface area contributed by atoms with Gasteiger partial charge in [-0.1, -0.05) is 12.1 Å². The molecule has 0 bridgehead atoms. The quantitative estimate of drug-likeness (QED) is 0.444. The monoisotopic (exact) mass is 495 g/mol. The lowest BCUT2D eigenvalue weighted by molar-refractivity contribution is -0.0134. The topological polar surface area (TPSA) is 94.0 Å². The Morgan fingerprint density at radius 2 is 2.05 bits per heavy atom. The van der Waals surface area contributed by atoms with Crippen molar-refractivity contribution in [3.05, 3.63) is 82.2 Å². The van der Waals surface area contributed by atoms with Crippen LogP contribution in [0.1, 0.15) is 17.5 Å². The van der Waals surface area contributed by atoms with Gasteiger partial charge >= 0.3 is 0 Å². The summed E-state index contributed by atoms with van der Waals surface area (Å²) in [4.78, 5) is 22.9. The molecule has 2 aliphatic heterocycles. The van der Waals surface area contributed by atoms with Gasteiger partial charge in [0.05, 0.1) is 30.0 Å². The lowest BCUT2D eigenvalue weighted by atomic mass is 9.94. The second kappa shape index (κ2) is 9.43. The molecule has 2 fully saturated rings. The third kappa shape index (κ3) is 4.26. The van der Waals surface area contributed by atoms with Crippen LogP contribution < -0.4 is 15.6 Å². The van der Waals surface area contributed by atoms with Gasteiger partial charge in [0.25, 0.3) is 0 Å². The number of morpholine rings is 1. The van der Waals surface area contributed by atoms with Gasteiger partial charge in [-0.25, -0.2) is 4.39 Å². The van der Waals surface area contributed by atoms with E-state index in [2.05, 4.69) is 15.2 Å². The van der Waals surface area contributed by atoms with Gasteiger partial charge in [0.2, 0.25) is 5.43 Å². The molecule has 186 valence electrons. The van der Waals surface area contributed by atoms with E-state index in [1.54, 1.807) is 12.3 Å². The molecule has 2 aromatic carbocycles. The van der Waals surface area contributed by atoms with Crippen molar-refractivity contribution in [2.75, 3.05) is 31.1 Å². The fourth-order valence-corrected chi connectivity index (χ4v) is 5.56. The number of nitrogens with one attached hydrogen (secondary N) is 2. The summed E-state index contributed by atoms with van der Waals surface area (Å²) in [5, 5.41) is 13.8. The molecule has 4 aromatic rings. The van der Waals surface area contributed by atoms with Crippen molar-refractivity contribution in [2.45, 2.75) is 25.5 Å². The molecule has 2 aromatic heterocycles. The summed E-state index contributed by atoms with van der Waals surface area (Å²) in [6, 6.07) is 12.9. The number of aryl methyl sites for hydroxylation is 1. The van der Waals surface area contributed by atoms with Crippen LogP contribution in [0.5, 0.6) is 0 Å². The Bertz CT molecular complexity index is 1590. The van der Waals surface area contributed by atoms with Gasteiger partial charge in [-0.05, 0) is 54.3 Å². The van der Waals surface area contributed by atoms with Crippen molar-refractivity contribution in [3.8, 4) is 28.3 Å². The number of aromatic amines is 1. The van der Waals surface area contributed by atoms with Gasteiger partial charge in [0, 0.05) is 54.7 Å². The number of H-pyrrole nitrogens is 1. The standard InChI is InChI=1S/C29H26FN5O2/c1-17-8-19(10-21(30)9-17)23-15-34-25-3-2-18(24-14-32-13-20(12-31)29(24)36)11-22(25)28(23)35-6-4-27-26(16-35)33-5-7-37-27/h2-3,8-11,13-15,26-27,33H,4-7,16H2,1H3,(H,32,36)/t26-,27-/m1/s1. The van der Waals surface area contributed by atoms with E-state index in [-0.39, 0.29) is 29.0 Å². The minimum Gasteiger partial charge on any atom is -0.375 e. The molecule has 2 N–H and O–H groups in total. The van der Waals surface area contributed by atoms with Crippen LogP contribution in [0, 0.1) is 24.1 Å². The van der Waals surface area contributed by atoms with E-state index in [1.807, 2.05) is 43.5 Å². The zero-order chi connectivity index (χ0) is 25.5. The van der Waals surface area contributed by atoms with Gasteiger partial charge in [-0.15, -0.1) is 0 Å². The molecule has 0 radical (unpaired) electrons. The number of benzene rings is 2. The molecule has 6 rings (SSSR count). The number of hydrogen-bond donors (Lipinski definition) is 2. The predicted octanol–water partition coefficient (Wildman–Crippen LogP) is 4.14. The third-order valence-corrected chi connectivity index (χ3v) is 7.27. The second-order valence-corrected chi connectivity index (χ2v) is 9.70. The summed E-state index contributed by atoms with van der Waals surface area (Å²) in [7, 11) is 0. The van der Waals surface area contributed by atoms with E-state index in [0.717, 1.165) is 59.3 Å². The summed E-state index contributed by atoms with van der Waals surface area (Å²) < 4.78 is 20.5. The number of ether oxygens (including phenoxy) is 1. The number of pyridine rings is 2. The maximum absolute atomic E-state index is 14.5. The molecule has 2 saturated heterocycles. The molecule has 2 aliphatic rings. The Morgan fingerprint density at radius 1 is 1.16 bits per heavy atom. The first kappa shape index (κ1) is 23.3. The Labute approximate surface area is 213 Å². The highest BCUT2D eigenvalue weighted by molar-refractivity contribution is 6.01. The molecule has 0 unspecified atom stereocenters. The zero-order valence-corrected chi connectivity index (χ0v) is 20.4. The first-order valence-corrected chi connectivity index (χ1v) is 12.4. The molecule has 8 heteroatoms. The van der Waals surface area contributed by atoms with E-state index in [0.29, 0.717) is 17.7 Å². The lowest BCUT2D eigenvalue weighted by Crippen LogP contribution is -2.58. The molecule has 0 saturated carbocycles. The molecular weight excluding hydrogens is 469 g/mol. The molecule has 0 aliphatic carbocycles. The van der Waals surface area contributed by atoms with E-state index in [1.165, 1.54) is 12.3 Å². The molecule has 2 atom stereocenters. The van der Waals surface area contributed by atoms with Crippen LogP contribution in [0.25, 0.3) is 33.2 Å². The molecule has 7 nitrogen and oxygen atoms in total. The number of nitrogens with zero attached hydrogens (tertiary/aromatic N) is 3. The van der Waals surface area contributed by atoms with Gasteiger partial charge in [0.15, 0.2) is 0 Å². The highest BCUT2D eigenvalue weighted by atomic mass is 19.1. The van der Waals surface area contributed by atoms with Crippen LogP contribution in [-0.4, -0.2) is 48.4 Å². The SMILES string of the molecule is Cc1cc(F)cc(-c2cnc3ccc(-c4c[nH]cc(C#N)c4=O)cc3c2N2CC[C@H]3OCCN[C@@H]3C2)c1. The van der Waals surface area contributed by atoms with Crippen LogP contribution in [-0.2, 0) is 4.74 Å². The number of hydrogen-bond acceptors (Lipinski definition) is 6. The van der Waals surface area contributed by atoms with Gasteiger partial charge in [-0.3, -0.25) is 9.78 Å². The van der Waals surface area contributed by atoms with Crippen molar-refractivity contribution < 1.29 is 9.13 Å². The average Bonchev–Trinajstić information content (AvgIpc) is 2.91. The normalized spacial score (nSPS) is 19.4. The van der Waals surface area contributed by atoms with Crippen LogP contribution in [0.15, 0.2) is 59.8 Å². The van der Waals surface area contributed by atoms with Crippen LogP contribution in [0.4, 0.5) is 10.1 Å². The van der Waals surface area contributed by atoms with Crippen molar-refractivity contribution in [1.29, 1.82) is 5.26 Å². The van der Waals surface area contributed by atoms with Crippen LogP contribution in [0.2, 0.25) is 0 Å². The largest absolute Gasteiger partial charge is 0.375 e. The van der Waals surface area contributed by atoms with Crippen molar-refractivity contribution in [2.24, 2.45) is 0 Å². The summed E-state index contributed by atoms with van der Waals surface area (Å²) in [5.74, 6) is -0.296. The molecule has 0 spiro atoms. The molecule has 0 amide bonds. The fourth-order valence-electron chi connectivity index (χ4n) is 5.56. The smallest absolute Gasteiger partial charge is 0.207 e. The van der Waals surface area contributed by atoms with Crippen molar-refractivity contribution >= 4 is 16.6 Å². The first-order chi connectivity index (χ1) is 18.0. The van der Waals surface area contributed by atoms with E-state index >= 15 is 0 Å². The Kier molecular flexibility index (Phi) is 5.95. The highest BCUT2D eigenvalue weighted by Crippen LogP contribution is 2.40. The van der Waals surface area contributed by atoms with E-state index in [4.69, 9.17) is 9.72 Å². The van der Waals surface area contributed by atoms with Gasteiger partial charge in [0.1, 0.15) is 17.4 Å². The maximum atomic E-state index is 14.5. The summed E-state index contributed by atoms with van der Waals surface area (Å²) in [5.41, 5.74) is 5.00. The predicted molar refractivity (Wildman–Crippen MR) is 141 cm³/mol. The Morgan fingerprint density at radius 3 is 2.89 bits per heavy atom.